The summed E-state index contributed by atoms with van der Waals surface area (Å²) in [5, 5.41) is 0. The minimum absolute atomic E-state index is 0.0527. The van der Waals surface area contributed by atoms with Crippen molar-refractivity contribution in [1.82, 2.24) is 4.90 Å². The molecule has 98 valence electrons. The molecule has 0 spiro atoms. The molecule has 0 aromatic heterocycles. The third-order valence-corrected chi connectivity index (χ3v) is 3.28. The first-order valence-electron chi connectivity index (χ1n) is 6.20. The molecule has 1 aliphatic rings. The van der Waals surface area contributed by atoms with Crippen LogP contribution in [-0.2, 0) is 16.0 Å². The minimum Gasteiger partial charge on any atom is -0.497 e. The van der Waals surface area contributed by atoms with Gasteiger partial charge >= 0.3 is 0 Å². The molecule has 1 heterocycles. The van der Waals surface area contributed by atoms with E-state index in [0.29, 0.717) is 6.42 Å². The standard InChI is InChI=1S/C14H19NO3/c1-17-12-6-3-5-11(9-12)10-13(16)15-8-4-7-14(15)18-2/h3,5-6,9,14H,4,7-8,10H2,1-2H3. The molecule has 1 aromatic carbocycles. The molecule has 1 saturated heterocycles. The van der Waals surface area contributed by atoms with Gasteiger partial charge in [-0.3, -0.25) is 4.79 Å². The van der Waals surface area contributed by atoms with Crippen molar-refractivity contribution >= 4 is 5.91 Å². The normalized spacial score (nSPS) is 19.0. The fourth-order valence-electron chi connectivity index (χ4n) is 2.33. The molecule has 4 nitrogen and oxygen atoms in total. The van der Waals surface area contributed by atoms with E-state index in [1.807, 2.05) is 29.2 Å². The number of hydrogen-bond donors (Lipinski definition) is 0. The summed E-state index contributed by atoms with van der Waals surface area (Å²) in [6.45, 7) is 0.793. The molecule has 0 bridgehead atoms. The summed E-state index contributed by atoms with van der Waals surface area (Å²) < 4.78 is 10.5. The Bertz CT molecular complexity index is 419. The van der Waals surface area contributed by atoms with Crippen molar-refractivity contribution in [2.45, 2.75) is 25.5 Å². The molecule has 0 saturated carbocycles. The van der Waals surface area contributed by atoms with Gasteiger partial charge in [-0.05, 0) is 30.5 Å². The largest absolute Gasteiger partial charge is 0.497 e. The number of ether oxygens (including phenoxy) is 2. The Morgan fingerprint density at radius 2 is 2.28 bits per heavy atom. The van der Waals surface area contributed by atoms with E-state index in [1.165, 1.54) is 0 Å². The van der Waals surface area contributed by atoms with Gasteiger partial charge in [-0.2, -0.15) is 0 Å². The van der Waals surface area contributed by atoms with Crippen molar-refractivity contribution in [3.8, 4) is 5.75 Å². The van der Waals surface area contributed by atoms with Gasteiger partial charge in [0.25, 0.3) is 0 Å². The van der Waals surface area contributed by atoms with Crippen LogP contribution in [0.2, 0.25) is 0 Å². The van der Waals surface area contributed by atoms with E-state index in [9.17, 15) is 4.79 Å². The maximum absolute atomic E-state index is 12.2. The van der Waals surface area contributed by atoms with Crippen LogP contribution < -0.4 is 4.74 Å². The van der Waals surface area contributed by atoms with Crippen molar-refractivity contribution in [1.29, 1.82) is 0 Å². The van der Waals surface area contributed by atoms with Gasteiger partial charge < -0.3 is 14.4 Å². The van der Waals surface area contributed by atoms with Crippen LogP contribution in [-0.4, -0.2) is 37.8 Å². The van der Waals surface area contributed by atoms with E-state index in [4.69, 9.17) is 9.47 Å². The molecule has 1 aromatic rings. The number of methoxy groups -OCH3 is 2. The van der Waals surface area contributed by atoms with E-state index >= 15 is 0 Å². The molecule has 1 fully saturated rings. The number of hydrogen-bond acceptors (Lipinski definition) is 3. The summed E-state index contributed by atoms with van der Waals surface area (Å²) in [5.74, 6) is 0.901. The fraction of sp³-hybridized carbons (Fsp3) is 0.500. The predicted octanol–water partition coefficient (Wildman–Crippen LogP) is 1.83. The summed E-state index contributed by atoms with van der Waals surface area (Å²) in [4.78, 5) is 14.0. The summed E-state index contributed by atoms with van der Waals surface area (Å²) in [6, 6.07) is 7.62. The zero-order valence-corrected chi connectivity index (χ0v) is 10.9. The molecular formula is C14H19NO3. The molecule has 4 heteroatoms. The Morgan fingerprint density at radius 3 is 3.00 bits per heavy atom. The smallest absolute Gasteiger partial charge is 0.229 e. The number of likely N-dealkylation sites (tertiary alicyclic amines) is 1. The van der Waals surface area contributed by atoms with Crippen molar-refractivity contribution in [3.63, 3.8) is 0 Å². The average Bonchev–Trinajstić information content (AvgIpc) is 2.87. The van der Waals surface area contributed by atoms with Crippen LogP contribution >= 0.6 is 0 Å². The minimum atomic E-state index is -0.0527. The molecule has 0 N–H and O–H groups in total. The molecule has 0 radical (unpaired) electrons. The first-order chi connectivity index (χ1) is 8.74. The van der Waals surface area contributed by atoms with E-state index < -0.39 is 0 Å². The van der Waals surface area contributed by atoms with Gasteiger partial charge in [0, 0.05) is 13.7 Å². The molecule has 1 atom stereocenters. The maximum atomic E-state index is 12.2. The van der Waals surface area contributed by atoms with Crippen molar-refractivity contribution in [2.24, 2.45) is 0 Å². The lowest BCUT2D eigenvalue weighted by atomic mass is 10.1. The number of carbonyl (C=O) groups excluding carboxylic acids is 1. The predicted molar refractivity (Wildman–Crippen MR) is 68.4 cm³/mol. The lowest BCUT2D eigenvalue weighted by molar-refractivity contribution is -0.139. The first kappa shape index (κ1) is 12.9. The van der Waals surface area contributed by atoms with Crippen LogP contribution in [0.3, 0.4) is 0 Å². The topological polar surface area (TPSA) is 38.8 Å². The van der Waals surface area contributed by atoms with Crippen LogP contribution in [0.25, 0.3) is 0 Å². The lowest BCUT2D eigenvalue weighted by Crippen LogP contribution is -2.37. The van der Waals surface area contributed by atoms with Crippen molar-refractivity contribution in [2.75, 3.05) is 20.8 Å². The molecule has 2 rings (SSSR count). The SMILES string of the molecule is COc1cccc(CC(=O)N2CCCC2OC)c1. The van der Waals surface area contributed by atoms with Crippen LogP contribution in [0, 0.1) is 0 Å². The Labute approximate surface area is 107 Å². The van der Waals surface area contributed by atoms with Gasteiger partial charge in [0.15, 0.2) is 0 Å². The van der Waals surface area contributed by atoms with Crippen molar-refractivity contribution < 1.29 is 14.3 Å². The van der Waals surface area contributed by atoms with E-state index in [0.717, 1.165) is 30.7 Å². The quantitative estimate of drug-likeness (QED) is 0.817. The van der Waals surface area contributed by atoms with Crippen LogP contribution in [0.4, 0.5) is 0 Å². The fourth-order valence-corrected chi connectivity index (χ4v) is 2.33. The van der Waals surface area contributed by atoms with Crippen molar-refractivity contribution in [3.05, 3.63) is 29.8 Å². The van der Waals surface area contributed by atoms with E-state index in [1.54, 1.807) is 14.2 Å². The molecule has 18 heavy (non-hydrogen) atoms. The third-order valence-electron chi connectivity index (χ3n) is 3.28. The number of nitrogens with zero attached hydrogens (tertiary/aromatic N) is 1. The molecular weight excluding hydrogens is 230 g/mol. The highest BCUT2D eigenvalue weighted by atomic mass is 16.5. The summed E-state index contributed by atoms with van der Waals surface area (Å²) in [6.07, 6.45) is 2.29. The number of rotatable bonds is 4. The first-order valence-corrected chi connectivity index (χ1v) is 6.20. The third kappa shape index (κ3) is 2.82. The van der Waals surface area contributed by atoms with Gasteiger partial charge in [-0.1, -0.05) is 12.1 Å². The van der Waals surface area contributed by atoms with Gasteiger partial charge in [0.2, 0.25) is 5.91 Å². The summed E-state index contributed by atoms with van der Waals surface area (Å²) >= 11 is 0. The Morgan fingerprint density at radius 1 is 1.44 bits per heavy atom. The second-order valence-corrected chi connectivity index (χ2v) is 4.45. The molecule has 1 amide bonds. The molecule has 0 aliphatic carbocycles. The van der Waals surface area contributed by atoms with Gasteiger partial charge in [0.05, 0.1) is 13.5 Å². The average molecular weight is 249 g/mol. The lowest BCUT2D eigenvalue weighted by Gasteiger charge is -2.23. The van der Waals surface area contributed by atoms with Crippen LogP contribution in [0.1, 0.15) is 18.4 Å². The van der Waals surface area contributed by atoms with Gasteiger partial charge in [0.1, 0.15) is 12.0 Å². The highest BCUT2D eigenvalue weighted by Crippen LogP contribution is 2.20. The number of amides is 1. The van der Waals surface area contributed by atoms with Gasteiger partial charge in [-0.15, -0.1) is 0 Å². The molecule has 1 aliphatic heterocycles. The zero-order valence-electron chi connectivity index (χ0n) is 10.9. The van der Waals surface area contributed by atoms with E-state index in [-0.39, 0.29) is 12.1 Å². The number of carbonyl (C=O) groups is 1. The molecule has 1 unspecified atom stereocenters. The highest BCUT2D eigenvalue weighted by molar-refractivity contribution is 5.79. The van der Waals surface area contributed by atoms with Crippen LogP contribution in [0.15, 0.2) is 24.3 Å². The maximum Gasteiger partial charge on any atom is 0.229 e. The zero-order chi connectivity index (χ0) is 13.0. The second kappa shape index (κ2) is 5.87. The Hall–Kier alpha value is -1.55. The Kier molecular flexibility index (Phi) is 4.20. The monoisotopic (exact) mass is 249 g/mol. The van der Waals surface area contributed by atoms with E-state index in [2.05, 4.69) is 0 Å². The number of benzene rings is 1. The highest BCUT2D eigenvalue weighted by Gasteiger charge is 2.28. The second-order valence-electron chi connectivity index (χ2n) is 4.45. The van der Waals surface area contributed by atoms with Gasteiger partial charge in [-0.25, -0.2) is 0 Å². The Balaban J connectivity index is 2.02. The summed E-state index contributed by atoms with van der Waals surface area (Å²) in [5.41, 5.74) is 0.973. The summed E-state index contributed by atoms with van der Waals surface area (Å²) in [7, 11) is 3.28. The van der Waals surface area contributed by atoms with Crippen LogP contribution in [0.5, 0.6) is 5.75 Å².